The number of nitrogens with one attached hydrogen (secondary N) is 2. The second-order valence-corrected chi connectivity index (χ2v) is 9.50. The summed E-state index contributed by atoms with van der Waals surface area (Å²) in [6.07, 6.45) is 3.97. The summed E-state index contributed by atoms with van der Waals surface area (Å²) in [5.74, 6) is -1.09. The number of hydrogen-bond acceptors (Lipinski definition) is 5. The molecule has 1 fully saturated rings. The van der Waals surface area contributed by atoms with E-state index in [0.717, 1.165) is 46.9 Å². The van der Waals surface area contributed by atoms with Gasteiger partial charge in [-0.15, -0.1) is 11.3 Å². The Labute approximate surface area is 197 Å². The topological polar surface area (TPSA) is 105 Å². The van der Waals surface area contributed by atoms with E-state index in [4.69, 9.17) is 15.9 Å². The van der Waals surface area contributed by atoms with Crippen LogP contribution in [0.4, 0.5) is 0 Å². The number of fused-ring (bicyclic) bond motifs is 1. The monoisotopic (exact) mass is 463 g/mol. The fourth-order valence-electron chi connectivity index (χ4n) is 4.70. The summed E-state index contributed by atoms with van der Waals surface area (Å²) in [4.78, 5) is 26.0. The lowest BCUT2D eigenvalue weighted by molar-refractivity contribution is -0.147. The minimum Gasteiger partial charge on any atom is -0.469 e. The number of rotatable bonds is 7. The number of benzene rings is 2. The molecule has 172 valence electrons. The van der Waals surface area contributed by atoms with Gasteiger partial charge in [0.25, 0.3) is 0 Å². The summed E-state index contributed by atoms with van der Waals surface area (Å²) >= 11 is 1.58. The van der Waals surface area contributed by atoms with Gasteiger partial charge >= 0.3 is 5.97 Å². The number of carbonyl (C=O) groups excluding carboxylic acids is 2. The molecule has 1 aromatic heterocycles. The molecular formula is C26H29N3O3S. The predicted octanol–water partition coefficient (Wildman–Crippen LogP) is 4.36. The molecule has 7 heteroatoms. The molecule has 1 heterocycles. The van der Waals surface area contributed by atoms with Crippen LogP contribution < -0.4 is 11.1 Å². The van der Waals surface area contributed by atoms with Gasteiger partial charge in [-0.25, -0.2) is 0 Å². The van der Waals surface area contributed by atoms with Crippen molar-refractivity contribution in [1.82, 2.24) is 5.32 Å². The Hall–Kier alpha value is -3.19. The van der Waals surface area contributed by atoms with Crippen LogP contribution >= 0.6 is 11.3 Å². The van der Waals surface area contributed by atoms with Gasteiger partial charge in [0.2, 0.25) is 5.91 Å². The van der Waals surface area contributed by atoms with Crippen LogP contribution in [0.1, 0.15) is 48.3 Å². The molecule has 1 saturated carbocycles. The van der Waals surface area contributed by atoms with Crippen LogP contribution in [0.2, 0.25) is 0 Å². The normalized spacial score (nSPS) is 19.1. The first-order valence-electron chi connectivity index (χ1n) is 11.3. The second kappa shape index (κ2) is 10.2. The van der Waals surface area contributed by atoms with Crippen LogP contribution in [0.25, 0.3) is 10.1 Å². The summed E-state index contributed by atoms with van der Waals surface area (Å²) in [5, 5.41) is 14.0. The van der Waals surface area contributed by atoms with E-state index in [2.05, 4.69) is 5.32 Å². The summed E-state index contributed by atoms with van der Waals surface area (Å²) in [6, 6.07) is 15.4. The van der Waals surface area contributed by atoms with E-state index in [0.29, 0.717) is 12.0 Å². The highest BCUT2D eigenvalue weighted by atomic mass is 32.1. The number of amidine groups is 1. The number of carbonyl (C=O) groups is 2. The summed E-state index contributed by atoms with van der Waals surface area (Å²) < 4.78 is 6.05. The molecule has 1 aliphatic rings. The van der Waals surface area contributed by atoms with Crippen molar-refractivity contribution < 1.29 is 14.3 Å². The van der Waals surface area contributed by atoms with E-state index in [-0.39, 0.29) is 29.7 Å². The molecule has 6 nitrogen and oxygen atoms in total. The summed E-state index contributed by atoms with van der Waals surface area (Å²) in [7, 11) is 1.40. The van der Waals surface area contributed by atoms with Gasteiger partial charge in [0.1, 0.15) is 5.84 Å². The third-order valence-corrected chi connectivity index (χ3v) is 7.47. The Bertz CT molecular complexity index is 1160. The van der Waals surface area contributed by atoms with Crippen LogP contribution in [0.5, 0.6) is 0 Å². The molecule has 0 aliphatic heterocycles. The maximum absolute atomic E-state index is 13.7. The van der Waals surface area contributed by atoms with Crippen molar-refractivity contribution >= 4 is 39.1 Å². The zero-order chi connectivity index (χ0) is 23.4. The van der Waals surface area contributed by atoms with Gasteiger partial charge in [-0.1, -0.05) is 43.2 Å². The van der Waals surface area contributed by atoms with Crippen LogP contribution in [-0.4, -0.2) is 30.9 Å². The molecule has 3 aromatic rings. The number of esters is 1. The van der Waals surface area contributed by atoms with E-state index in [1.807, 2.05) is 53.9 Å². The molecule has 1 aliphatic carbocycles. The number of nitrogen functional groups attached to an aromatic ring is 1. The fraction of sp³-hybridized carbons (Fsp3) is 0.346. The largest absolute Gasteiger partial charge is 0.469 e. The fourth-order valence-corrected chi connectivity index (χ4v) is 5.70. The highest BCUT2D eigenvalue weighted by Gasteiger charge is 2.35. The van der Waals surface area contributed by atoms with Crippen LogP contribution in [0.15, 0.2) is 53.9 Å². The van der Waals surface area contributed by atoms with Crippen molar-refractivity contribution in [2.24, 2.45) is 11.7 Å². The smallest absolute Gasteiger partial charge is 0.310 e. The highest BCUT2D eigenvalue weighted by Crippen LogP contribution is 2.35. The molecule has 4 N–H and O–H groups in total. The first-order valence-corrected chi connectivity index (χ1v) is 12.1. The zero-order valence-corrected chi connectivity index (χ0v) is 19.5. The van der Waals surface area contributed by atoms with Crippen molar-refractivity contribution in [3.63, 3.8) is 0 Å². The molecule has 4 rings (SSSR count). The molecule has 33 heavy (non-hydrogen) atoms. The molecule has 0 bridgehead atoms. The standard InChI is InChI=1S/C26H29N3O3S/c1-32-26(31)18-9-5-6-10-22(18)29-25(30)20(13-16-7-3-2-4-8-16)21-15-33-23-12-11-17(24(27)28)14-19(21)23/h2-4,7-8,11-12,14-15,18,20,22H,5-6,9-10,13H2,1H3,(H3,27,28)(H,29,30)/t18-,20+,22+/m0/s1. The Morgan fingerprint density at radius 1 is 1.18 bits per heavy atom. The van der Waals surface area contributed by atoms with Crippen molar-refractivity contribution in [3.8, 4) is 0 Å². The van der Waals surface area contributed by atoms with E-state index >= 15 is 0 Å². The third kappa shape index (κ3) is 5.09. The minimum absolute atomic E-state index is 0.00114. The second-order valence-electron chi connectivity index (χ2n) is 8.59. The number of hydrogen-bond donors (Lipinski definition) is 3. The Morgan fingerprint density at radius 3 is 2.67 bits per heavy atom. The number of amides is 1. The Morgan fingerprint density at radius 2 is 1.94 bits per heavy atom. The van der Waals surface area contributed by atoms with Crippen molar-refractivity contribution in [2.75, 3.05) is 7.11 Å². The van der Waals surface area contributed by atoms with Crippen LogP contribution in [0.3, 0.4) is 0 Å². The van der Waals surface area contributed by atoms with Crippen molar-refractivity contribution in [3.05, 3.63) is 70.6 Å². The van der Waals surface area contributed by atoms with E-state index in [1.54, 1.807) is 11.3 Å². The number of methoxy groups -OCH3 is 1. The number of nitrogens with two attached hydrogens (primary N) is 1. The molecule has 0 saturated heterocycles. The van der Waals surface area contributed by atoms with Crippen molar-refractivity contribution in [1.29, 1.82) is 5.41 Å². The first kappa shape index (κ1) is 23.0. The Kier molecular flexibility index (Phi) is 7.08. The summed E-state index contributed by atoms with van der Waals surface area (Å²) in [6.45, 7) is 0. The lowest BCUT2D eigenvalue weighted by Gasteiger charge is -2.31. The minimum atomic E-state index is -0.427. The van der Waals surface area contributed by atoms with Gasteiger partial charge in [0.15, 0.2) is 0 Å². The van der Waals surface area contributed by atoms with Crippen molar-refractivity contribution in [2.45, 2.75) is 44.1 Å². The maximum atomic E-state index is 13.7. The SMILES string of the molecule is COC(=O)[C@H]1CCCC[C@H]1NC(=O)[C@H](Cc1ccccc1)c1csc2ccc(C(=N)N)cc12. The molecule has 0 radical (unpaired) electrons. The average molecular weight is 464 g/mol. The van der Waals surface area contributed by atoms with Gasteiger partial charge in [-0.2, -0.15) is 0 Å². The molecular weight excluding hydrogens is 434 g/mol. The first-order chi connectivity index (χ1) is 16.0. The van der Waals surface area contributed by atoms with Gasteiger partial charge in [0, 0.05) is 16.3 Å². The molecule has 3 atom stereocenters. The maximum Gasteiger partial charge on any atom is 0.310 e. The van der Waals surface area contributed by atoms with Gasteiger partial charge in [0.05, 0.1) is 18.9 Å². The van der Waals surface area contributed by atoms with E-state index < -0.39 is 5.92 Å². The van der Waals surface area contributed by atoms with Crippen LogP contribution in [0, 0.1) is 11.3 Å². The van der Waals surface area contributed by atoms with E-state index in [9.17, 15) is 9.59 Å². The highest BCUT2D eigenvalue weighted by molar-refractivity contribution is 7.17. The molecule has 1 amide bonds. The average Bonchev–Trinajstić information content (AvgIpc) is 3.26. The third-order valence-electron chi connectivity index (χ3n) is 6.49. The molecule has 2 aromatic carbocycles. The zero-order valence-electron chi connectivity index (χ0n) is 18.7. The van der Waals surface area contributed by atoms with E-state index in [1.165, 1.54) is 7.11 Å². The van der Waals surface area contributed by atoms with Gasteiger partial charge in [-0.05, 0) is 59.4 Å². The lowest BCUT2D eigenvalue weighted by atomic mass is 9.83. The lowest BCUT2D eigenvalue weighted by Crippen LogP contribution is -2.47. The summed E-state index contributed by atoms with van der Waals surface area (Å²) in [5.41, 5.74) is 8.35. The number of ether oxygens (including phenoxy) is 1. The predicted molar refractivity (Wildman–Crippen MR) is 132 cm³/mol. The molecule has 0 unspecified atom stereocenters. The van der Waals surface area contributed by atoms with Gasteiger partial charge < -0.3 is 15.8 Å². The van der Waals surface area contributed by atoms with Gasteiger partial charge in [-0.3, -0.25) is 15.0 Å². The quantitative estimate of drug-likeness (QED) is 0.275. The Balaban J connectivity index is 1.69. The van der Waals surface area contributed by atoms with Crippen LogP contribution in [-0.2, 0) is 20.7 Å². The number of thiophene rings is 1. The molecule has 0 spiro atoms.